The average molecular weight is 534 g/mol. The summed E-state index contributed by atoms with van der Waals surface area (Å²) in [6.45, 7) is 1.78. The number of nitrogens with one attached hydrogen (secondary N) is 2. The zero-order valence-electron chi connectivity index (χ0n) is 17.6. The number of carbonyl (C=O) groups is 2. The first-order valence-electron chi connectivity index (χ1n) is 9.59. The van der Waals surface area contributed by atoms with Crippen molar-refractivity contribution in [2.75, 3.05) is 12.4 Å². The second-order valence-corrected chi connectivity index (χ2v) is 8.11. The lowest BCUT2D eigenvalue weighted by molar-refractivity contribution is -0.141. The molecular formula is C21H16Cl3F3N5O2-. The van der Waals surface area contributed by atoms with E-state index in [1.807, 2.05) is 0 Å². The molecule has 0 saturated heterocycles. The Morgan fingerprint density at radius 2 is 1.85 bits per heavy atom. The largest absolute Gasteiger partial charge is 0.435 e. The van der Waals surface area contributed by atoms with E-state index in [2.05, 4.69) is 20.7 Å². The maximum atomic E-state index is 13.5. The van der Waals surface area contributed by atoms with E-state index < -0.39 is 29.4 Å². The maximum Gasteiger partial charge on any atom is 0.435 e. The van der Waals surface area contributed by atoms with Crippen molar-refractivity contribution in [3.05, 3.63) is 74.5 Å². The number of rotatable bonds is 6. The lowest BCUT2D eigenvalue weighted by Crippen LogP contribution is -2.23. The molecule has 0 radical (unpaired) electrons. The molecular weight excluding hydrogens is 518 g/mol. The van der Waals surface area contributed by atoms with Crippen LogP contribution in [0.2, 0.25) is 15.1 Å². The molecule has 0 unspecified atom stereocenters. The molecule has 3 aromatic rings. The van der Waals surface area contributed by atoms with Crippen LogP contribution in [0.15, 0.2) is 30.5 Å². The van der Waals surface area contributed by atoms with Gasteiger partial charge in [-0.25, -0.2) is 9.67 Å². The van der Waals surface area contributed by atoms with E-state index in [0.29, 0.717) is 22.7 Å². The number of benzene rings is 1. The minimum Gasteiger partial charge on any atom is -0.355 e. The Hall–Kier alpha value is -2.82. The summed E-state index contributed by atoms with van der Waals surface area (Å²) >= 11 is 18.5. The van der Waals surface area contributed by atoms with Gasteiger partial charge in [0.1, 0.15) is 5.69 Å². The molecule has 2 N–H and O–H groups in total. The molecule has 3 rings (SSSR count). The van der Waals surface area contributed by atoms with Crippen molar-refractivity contribution < 1.29 is 22.8 Å². The quantitative estimate of drug-likeness (QED) is 0.402. The first-order chi connectivity index (χ1) is 16.0. The van der Waals surface area contributed by atoms with Crippen LogP contribution >= 0.6 is 34.8 Å². The smallest absolute Gasteiger partial charge is 0.355 e. The zero-order valence-corrected chi connectivity index (χ0v) is 19.9. The van der Waals surface area contributed by atoms with Crippen LogP contribution in [0.3, 0.4) is 0 Å². The molecule has 1 aromatic carbocycles. The van der Waals surface area contributed by atoms with E-state index in [-0.39, 0.29) is 32.1 Å². The van der Waals surface area contributed by atoms with Crippen molar-refractivity contribution in [1.82, 2.24) is 20.1 Å². The third-order valence-electron chi connectivity index (χ3n) is 4.57. The van der Waals surface area contributed by atoms with Crippen LogP contribution in [-0.4, -0.2) is 33.6 Å². The number of hydrogen-bond donors (Lipinski definition) is 2. The standard InChI is InChI=1S/C21H16Cl3F3N5O2/c1-3-4-10-5-6-29-18(16(10)24)32-14(9-15(31-32)21(25,26)27)20(34)30-17-12(19(33)28-2)7-11(22)8-13(17)23/h3,5-9H,4H2,1-2H3,(H,28,33)(H,30,34)/q-1. The zero-order chi connectivity index (χ0) is 25.2. The number of nitrogens with zero attached hydrogens (tertiary/aromatic N) is 3. The van der Waals surface area contributed by atoms with Gasteiger partial charge in [0, 0.05) is 24.3 Å². The maximum absolute atomic E-state index is 13.5. The molecule has 2 heterocycles. The highest BCUT2D eigenvalue weighted by atomic mass is 35.5. The minimum absolute atomic E-state index is 0.0297. The summed E-state index contributed by atoms with van der Waals surface area (Å²) in [4.78, 5) is 29.4. The van der Waals surface area contributed by atoms with E-state index in [9.17, 15) is 22.8 Å². The van der Waals surface area contributed by atoms with Crippen molar-refractivity contribution in [1.29, 1.82) is 0 Å². The first-order valence-corrected chi connectivity index (χ1v) is 10.7. The summed E-state index contributed by atoms with van der Waals surface area (Å²) in [5, 5.41) is 8.32. The molecule has 2 amide bonds. The van der Waals surface area contributed by atoms with Crippen LogP contribution < -0.4 is 10.6 Å². The van der Waals surface area contributed by atoms with Gasteiger partial charge < -0.3 is 17.1 Å². The molecule has 0 aliphatic heterocycles. The van der Waals surface area contributed by atoms with Gasteiger partial charge in [0.15, 0.2) is 11.5 Å². The highest BCUT2D eigenvalue weighted by Crippen LogP contribution is 2.34. The third kappa shape index (κ3) is 5.29. The van der Waals surface area contributed by atoms with Gasteiger partial charge in [-0.15, -0.1) is 0 Å². The Morgan fingerprint density at radius 3 is 2.47 bits per heavy atom. The molecule has 0 saturated carbocycles. The molecule has 2 aromatic heterocycles. The predicted octanol–water partition coefficient (Wildman–Crippen LogP) is 5.62. The summed E-state index contributed by atoms with van der Waals surface area (Å²) in [7, 11) is 1.35. The first kappa shape index (κ1) is 25.8. The van der Waals surface area contributed by atoms with Gasteiger partial charge >= 0.3 is 6.18 Å². The highest BCUT2D eigenvalue weighted by Gasteiger charge is 2.37. The molecule has 0 bridgehead atoms. The number of amides is 2. The van der Waals surface area contributed by atoms with Crippen LogP contribution in [0.25, 0.3) is 5.82 Å². The third-order valence-corrected chi connectivity index (χ3v) is 5.50. The Kier molecular flexibility index (Phi) is 7.74. The Balaban J connectivity index is 2.15. The predicted molar refractivity (Wildman–Crippen MR) is 123 cm³/mol. The molecule has 0 fully saturated rings. The minimum atomic E-state index is -4.85. The second kappa shape index (κ2) is 10.2. The molecule has 0 spiro atoms. The van der Waals surface area contributed by atoms with E-state index >= 15 is 0 Å². The van der Waals surface area contributed by atoms with Crippen LogP contribution in [0.1, 0.15) is 39.0 Å². The molecule has 7 nitrogen and oxygen atoms in total. The number of anilines is 1. The van der Waals surface area contributed by atoms with Crippen LogP contribution in [0.5, 0.6) is 0 Å². The van der Waals surface area contributed by atoms with Crippen molar-refractivity contribution in [3.63, 3.8) is 0 Å². The van der Waals surface area contributed by atoms with Crippen LogP contribution in [0.4, 0.5) is 18.9 Å². The summed E-state index contributed by atoms with van der Waals surface area (Å²) in [6.07, 6.45) is -1.30. The summed E-state index contributed by atoms with van der Waals surface area (Å²) in [5.41, 5.74) is -1.53. The summed E-state index contributed by atoms with van der Waals surface area (Å²) < 4.78 is 41.1. The van der Waals surface area contributed by atoms with Gasteiger partial charge in [0.25, 0.3) is 11.8 Å². The van der Waals surface area contributed by atoms with Crippen molar-refractivity contribution in [2.24, 2.45) is 0 Å². The fourth-order valence-electron chi connectivity index (χ4n) is 3.03. The van der Waals surface area contributed by atoms with Gasteiger partial charge in [0.2, 0.25) is 0 Å². The molecule has 0 atom stereocenters. The van der Waals surface area contributed by atoms with E-state index in [1.54, 1.807) is 19.4 Å². The summed E-state index contributed by atoms with van der Waals surface area (Å²) in [5.74, 6) is -1.84. The SMILES string of the molecule is C[CH-]Cc1ccnc(-n2nc(C(F)(F)F)cc2C(=O)Nc2c(Cl)cc(Cl)cc2C(=O)NC)c1Cl. The Bertz CT molecular complexity index is 1260. The van der Waals surface area contributed by atoms with Crippen molar-refractivity contribution in [3.8, 4) is 5.82 Å². The fraction of sp³-hybridized carbons (Fsp3) is 0.190. The second-order valence-electron chi connectivity index (χ2n) is 6.89. The highest BCUT2D eigenvalue weighted by molar-refractivity contribution is 6.38. The van der Waals surface area contributed by atoms with E-state index in [0.717, 1.165) is 0 Å². The van der Waals surface area contributed by atoms with Gasteiger partial charge in [-0.2, -0.15) is 31.6 Å². The number of pyridine rings is 1. The van der Waals surface area contributed by atoms with Crippen LogP contribution in [0, 0.1) is 6.42 Å². The number of aromatic nitrogens is 3. The van der Waals surface area contributed by atoms with Crippen molar-refractivity contribution >= 4 is 52.3 Å². The molecule has 0 aliphatic rings. The van der Waals surface area contributed by atoms with Crippen LogP contribution in [-0.2, 0) is 12.6 Å². The molecule has 180 valence electrons. The number of carbonyl (C=O) groups excluding carboxylic acids is 2. The molecule has 34 heavy (non-hydrogen) atoms. The topological polar surface area (TPSA) is 88.9 Å². The van der Waals surface area contributed by atoms with Crippen molar-refractivity contribution in [2.45, 2.75) is 19.5 Å². The number of alkyl halides is 3. The van der Waals surface area contributed by atoms with Gasteiger partial charge in [-0.05, 0) is 18.2 Å². The lowest BCUT2D eigenvalue weighted by atomic mass is 10.1. The normalized spacial score (nSPS) is 11.4. The van der Waals surface area contributed by atoms with Gasteiger partial charge in [-0.3, -0.25) is 9.59 Å². The van der Waals surface area contributed by atoms with E-state index in [4.69, 9.17) is 34.8 Å². The number of halogens is 6. The average Bonchev–Trinajstić information content (AvgIpc) is 3.22. The monoisotopic (exact) mass is 532 g/mol. The molecule has 0 aliphatic carbocycles. The van der Waals surface area contributed by atoms with Gasteiger partial charge in [0.05, 0.1) is 21.3 Å². The Labute approximate surface area is 207 Å². The van der Waals surface area contributed by atoms with Gasteiger partial charge in [-0.1, -0.05) is 40.4 Å². The lowest BCUT2D eigenvalue weighted by Gasteiger charge is -2.15. The number of hydrogen-bond acceptors (Lipinski definition) is 4. The summed E-state index contributed by atoms with van der Waals surface area (Å²) in [6, 6.07) is 4.68. The Morgan fingerprint density at radius 1 is 1.15 bits per heavy atom. The molecule has 13 heteroatoms. The van der Waals surface area contributed by atoms with E-state index in [1.165, 1.54) is 25.4 Å². The fourth-order valence-corrected chi connectivity index (χ4v) is 3.84.